The second kappa shape index (κ2) is 11.7. The normalized spacial score (nSPS) is 18.8. The Kier molecular flexibility index (Phi) is 8.24. The fourth-order valence-electron chi connectivity index (χ4n) is 4.31. The number of amides is 1. The summed E-state index contributed by atoms with van der Waals surface area (Å²) >= 11 is 0. The Labute approximate surface area is 209 Å². The van der Waals surface area contributed by atoms with E-state index in [9.17, 15) is 14.7 Å². The van der Waals surface area contributed by atoms with Crippen molar-refractivity contribution in [2.24, 2.45) is 0 Å². The third-order valence-corrected chi connectivity index (χ3v) is 6.13. The van der Waals surface area contributed by atoms with Crippen LogP contribution >= 0.6 is 0 Å². The number of carbonyl (C=O) groups is 2. The zero-order valence-electron chi connectivity index (χ0n) is 20.2. The third-order valence-electron chi connectivity index (χ3n) is 6.13. The smallest absolute Gasteiger partial charge is 0.290 e. The molecule has 0 bridgehead atoms. The Morgan fingerprint density at radius 1 is 1.22 bits per heavy atom. The standard InChI is InChI=1S/C27H30N2O7/c1-3-14-36-22-9-6-19(18-23(22)33-2)25-24(21(30)8-7-20-5-4-15-35-20)26(31)27(32)29(25)11-10-28-12-16-34-17-13-28/h3-9,15,18,25,31H,1,10-14,16-17H2,2H3/b8-7+. The molecule has 0 spiro atoms. The van der Waals surface area contributed by atoms with Gasteiger partial charge in [0, 0.05) is 26.2 Å². The molecule has 36 heavy (non-hydrogen) atoms. The molecule has 2 aliphatic rings. The van der Waals surface area contributed by atoms with Crippen molar-refractivity contribution in [3.8, 4) is 11.5 Å². The summed E-state index contributed by atoms with van der Waals surface area (Å²) in [7, 11) is 1.52. The zero-order valence-corrected chi connectivity index (χ0v) is 20.2. The Balaban J connectivity index is 1.67. The van der Waals surface area contributed by atoms with E-state index in [1.54, 1.807) is 36.4 Å². The molecule has 190 valence electrons. The summed E-state index contributed by atoms with van der Waals surface area (Å²) in [4.78, 5) is 30.2. The van der Waals surface area contributed by atoms with E-state index < -0.39 is 23.5 Å². The fraction of sp³-hybridized carbons (Fsp3) is 0.333. The summed E-state index contributed by atoms with van der Waals surface area (Å²) < 4.78 is 21.8. The van der Waals surface area contributed by atoms with Crippen molar-refractivity contribution in [3.63, 3.8) is 0 Å². The molecule has 1 aromatic heterocycles. The van der Waals surface area contributed by atoms with E-state index in [1.807, 2.05) is 0 Å². The predicted octanol–water partition coefficient (Wildman–Crippen LogP) is 3.16. The number of ketones is 1. The van der Waals surface area contributed by atoms with Crippen LogP contribution in [0.3, 0.4) is 0 Å². The number of rotatable bonds is 11. The van der Waals surface area contributed by atoms with Crippen LogP contribution < -0.4 is 9.47 Å². The van der Waals surface area contributed by atoms with Gasteiger partial charge in [-0.2, -0.15) is 0 Å². The highest BCUT2D eigenvalue weighted by molar-refractivity contribution is 6.14. The molecule has 4 rings (SSSR count). The first-order valence-corrected chi connectivity index (χ1v) is 11.7. The topological polar surface area (TPSA) is 102 Å². The number of hydrogen-bond donors (Lipinski definition) is 1. The highest BCUT2D eigenvalue weighted by atomic mass is 16.5. The van der Waals surface area contributed by atoms with Crippen LogP contribution in [0, 0.1) is 0 Å². The second-order valence-corrected chi connectivity index (χ2v) is 8.34. The number of allylic oxidation sites excluding steroid dienone is 1. The number of furan rings is 1. The third kappa shape index (κ3) is 5.53. The van der Waals surface area contributed by atoms with Crippen molar-refractivity contribution in [2.45, 2.75) is 6.04 Å². The molecule has 1 aromatic carbocycles. The fourth-order valence-corrected chi connectivity index (χ4v) is 4.31. The van der Waals surface area contributed by atoms with Gasteiger partial charge in [0.2, 0.25) is 0 Å². The Morgan fingerprint density at radius 3 is 2.72 bits per heavy atom. The molecule has 0 saturated carbocycles. The minimum Gasteiger partial charge on any atom is -0.503 e. The maximum atomic E-state index is 13.3. The van der Waals surface area contributed by atoms with Gasteiger partial charge in [-0.05, 0) is 42.0 Å². The van der Waals surface area contributed by atoms with Gasteiger partial charge in [-0.1, -0.05) is 18.7 Å². The lowest BCUT2D eigenvalue weighted by Crippen LogP contribution is -2.43. The van der Waals surface area contributed by atoms with Crippen molar-refractivity contribution >= 4 is 17.8 Å². The summed E-state index contributed by atoms with van der Waals surface area (Å²) in [5.41, 5.74) is 0.624. The predicted molar refractivity (Wildman–Crippen MR) is 133 cm³/mol. The number of methoxy groups -OCH3 is 1. The molecule has 1 saturated heterocycles. The van der Waals surface area contributed by atoms with Gasteiger partial charge in [-0.15, -0.1) is 0 Å². The van der Waals surface area contributed by atoms with Crippen LogP contribution in [0.25, 0.3) is 6.08 Å². The average Bonchev–Trinajstić information content (AvgIpc) is 3.52. The molecule has 1 atom stereocenters. The number of ether oxygens (including phenoxy) is 3. The monoisotopic (exact) mass is 494 g/mol. The highest BCUT2D eigenvalue weighted by Gasteiger charge is 2.43. The summed E-state index contributed by atoms with van der Waals surface area (Å²) in [5, 5.41) is 10.8. The van der Waals surface area contributed by atoms with Gasteiger partial charge in [0.05, 0.1) is 38.2 Å². The molecule has 3 heterocycles. The van der Waals surface area contributed by atoms with E-state index in [-0.39, 0.29) is 5.57 Å². The molecule has 9 nitrogen and oxygen atoms in total. The first-order valence-electron chi connectivity index (χ1n) is 11.7. The lowest BCUT2D eigenvalue weighted by atomic mass is 9.95. The van der Waals surface area contributed by atoms with Gasteiger partial charge >= 0.3 is 0 Å². The molecule has 1 unspecified atom stereocenters. The number of morpholine rings is 1. The minimum atomic E-state index is -0.797. The largest absolute Gasteiger partial charge is 0.503 e. The van der Waals surface area contributed by atoms with Crippen LogP contribution in [0.1, 0.15) is 17.4 Å². The molecule has 1 N–H and O–H groups in total. The Hall–Kier alpha value is -3.82. The summed E-state index contributed by atoms with van der Waals surface area (Å²) in [6.45, 7) is 7.63. The van der Waals surface area contributed by atoms with Crippen molar-refractivity contribution in [1.29, 1.82) is 0 Å². The molecule has 2 aliphatic heterocycles. The zero-order chi connectivity index (χ0) is 25.5. The van der Waals surface area contributed by atoms with E-state index in [1.165, 1.54) is 30.4 Å². The number of aliphatic hydroxyl groups excluding tert-OH is 1. The molecular formula is C27H30N2O7. The van der Waals surface area contributed by atoms with Crippen LogP contribution in [-0.4, -0.2) is 79.7 Å². The molecular weight excluding hydrogens is 464 g/mol. The van der Waals surface area contributed by atoms with Gasteiger partial charge in [-0.25, -0.2) is 0 Å². The molecule has 0 radical (unpaired) electrons. The van der Waals surface area contributed by atoms with Crippen molar-refractivity contribution in [3.05, 3.63) is 78.0 Å². The maximum absolute atomic E-state index is 13.3. The van der Waals surface area contributed by atoms with Gasteiger partial charge < -0.3 is 28.6 Å². The average molecular weight is 495 g/mol. The molecule has 2 aromatic rings. The van der Waals surface area contributed by atoms with Crippen LogP contribution in [0.15, 0.2) is 71.1 Å². The minimum absolute atomic E-state index is 0.00611. The summed E-state index contributed by atoms with van der Waals surface area (Å²) in [6, 6.07) is 7.83. The molecule has 1 amide bonds. The lowest BCUT2D eigenvalue weighted by Gasteiger charge is -2.31. The van der Waals surface area contributed by atoms with Crippen LogP contribution in [0.5, 0.6) is 11.5 Å². The van der Waals surface area contributed by atoms with Crippen LogP contribution in [0.4, 0.5) is 0 Å². The first kappa shape index (κ1) is 25.3. The van der Waals surface area contributed by atoms with E-state index >= 15 is 0 Å². The van der Waals surface area contributed by atoms with Crippen molar-refractivity contribution < 1.29 is 33.3 Å². The maximum Gasteiger partial charge on any atom is 0.290 e. The van der Waals surface area contributed by atoms with Crippen LogP contribution in [-0.2, 0) is 14.3 Å². The van der Waals surface area contributed by atoms with Gasteiger partial charge in [-0.3, -0.25) is 14.5 Å². The number of nitrogens with zero attached hydrogens (tertiary/aromatic N) is 2. The van der Waals surface area contributed by atoms with Crippen LogP contribution in [0.2, 0.25) is 0 Å². The Morgan fingerprint density at radius 2 is 2.03 bits per heavy atom. The summed E-state index contributed by atoms with van der Waals surface area (Å²) in [5.74, 6) is -0.194. The van der Waals surface area contributed by atoms with Crippen molar-refractivity contribution in [2.75, 3.05) is 53.1 Å². The summed E-state index contributed by atoms with van der Waals surface area (Å²) in [6.07, 6.45) is 5.93. The highest BCUT2D eigenvalue weighted by Crippen LogP contribution is 2.41. The van der Waals surface area contributed by atoms with E-state index in [4.69, 9.17) is 18.6 Å². The molecule has 0 aliphatic carbocycles. The molecule has 1 fully saturated rings. The quantitative estimate of drug-likeness (QED) is 0.376. The number of carbonyl (C=O) groups excluding carboxylic acids is 2. The lowest BCUT2D eigenvalue weighted by molar-refractivity contribution is -0.129. The van der Waals surface area contributed by atoms with Gasteiger partial charge in [0.1, 0.15) is 12.4 Å². The number of hydrogen-bond acceptors (Lipinski definition) is 8. The van der Waals surface area contributed by atoms with Crippen molar-refractivity contribution in [1.82, 2.24) is 9.80 Å². The number of benzene rings is 1. The van der Waals surface area contributed by atoms with Gasteiger partial charge in [0.15, 0.2) is 23.0 Å². The molecule has 9 heteroatoms. The first-order chi connectivity index (χ1) is 17.5. The van der Waals surface area contributed by atoms with E-state index in [2.05, 4.69) is 11.5 Å². The number of aliphatic hydroxyl groups is 1. The SMILES string of the molecule is C=CCOc1ccc(C2C(C(=O)/C=C/c3ccco3)=C(O)C(=O)N2CCN2CCOCC2)cc1OC. The second-order valence-electron chi connectivity index (χ2n) is 8.34. The van der Waals surface area contributed by atoms with Gasteiger partial charge in [0.25, 0.3) is 5.91 Å². The Bertz CT molecular complexity index is 1150. The van der Waals surface area contributed by atoms with E-state index in [0.717, 1.165) is 13.1 Å². The van der Waals surface area contributed by atoms with E-state index in [0.29, 0.717) is 55.7 Å².